The Balaban J connectivity index is 1.72. The second-order valence-electron chi connectivity index (χ2n) is 6.08. The minimum atomic E-state index is -3.32. The summed E-state index contributed by atoms with van der Waals surface area (Å²) < 4.78 is 24.9. The van der Waals surface area contributed by atoms with Crippen molar-refractivity contribution in [2.75, 3.05) is 11.6 Å². The van der Waals surface area contributed by atoms with Gasteiger partial charge >= 0.3 is 0 Å². The second-order valence-corrected chi connectivity index (χ2v) is 8.10. The number of carbonyl (C=O) groups excluding carboxylic acids is 1. The molecular formula is C17H19N5O3S. The molecule has 0 atom stereocenters. The van der Waals surface area contributed by atoms with Gasteiger partial charge in [-0.05, 0) is 44.0 Å². The van der Waals surface area contributed by atoms with Crippen molar-refractivity contribution in [3.63, 3.8) is 0 Å². The van der Waals surface area contributed by atoms with Crippen LogP contribution >= 0.6 is 0 Å². The molecule has 0 aliphatic rings. The van der Waals surface area contributed by atoms with E-state index in [0.717, 1.165) is 23.2 Å². The number of hydrogen-bond donors (Lipinski definition) is 1. The minimum Gasteiger partial charge on any atom is -0.326 e. The van der Waals surface area contributed by atoms with Crippen LogP contribution in [0.4, 0.5) is 5.69 Å². The first-order chi connectivity index (χ1) is 12.3. The predicted octanol–water partition coefficient (Wildman–Crippen LogP) is 1.72. The van der Waals surface area contributed by atoms with Crippen LogP contribution in [-0.2, 0) is 21.1 Å². The molecule has 0 fully saturated rings. The molecule has 3 rings (SSSR count). The molecule has 136 valence electrons. The number of carbonyl (C=O) groups is 1. The lowest BCUT2D eigenvalue weighted by atomic mass is 10.1. The number of sulfone groups is 1. The Hall–Kier alpha value is -2.81. The van der Waals surface area contributed by atoms with E-state index in [1.165, 1.54) is 18.5 Å². The lowest BCUT2D eigenvalue weighted by molar-refractivity contribution is -0.116. The number of amides is 1. The molecule has 0 bridgehead atoms. The van der Waals surface area contributed by atoms with Crippen LogP contribution in [0.1, 0.15) is 23.4 Å². The Morgan fingerprint density at radius 3 is 2.77 bits per heavy atom. The highest BCUT2D eigenvalue weighted by molar-refractivity contribution is 7.90. The monoisotopic (exact) mass is 373 g/mol. The van der Waals surface area contributed by atoms with Crippen molar-refractivity contribution in [1.29, 1.82) is 0 Å². The molecule has 0 unspecified atom stereocenters. The van der Waals surface area contributed by atoms with Gasteiger partial charge in [-0.25, -0.2) is 17.9 Å². The molecule has 2 aromatic heterocycles. The second kappa shape index (κ2) is 6.83. The van der Waals surface area contributed by atoms with Gasteiger partial charge in [-0.3, -0.25) is 4.79 Å². The zero-order valence-electron chi connectivity index (χ0n) is 14.7. The van der Waals surface area contributed by atoms with E-state index in [2.05, 4.69) is 20.4 Å². The molecule has 2 heterocycles. The largest absolute Gasteiger partial charge is 0.326 e. The zero-order chi connectivity index (χ0) is 18.9. The number of aryl methyl sites for hydroxylation is 2. The fourth-order valence-corrected chi connectivity index (χ4v) is 3.45. The molecule has 0 saturated carbocycles. The highest BCUT2D eigenvalue weighted by Gasteiger charge is 2.13. The van der Waals surface area contributed by atoms with Crippen molar-refractivity contribution in [2.45, 2.75) is 31.6 Å². The fourth-order valence-electron chi connectivity index (χ4n) is 2.78. The van der Waals surface area contributed by atoms with Gasteiger partial charge in [-0.2, -0.15) is 10.1 Å². The molecular weight excluding hydrogens is 354 g/mol. The van der Waals surface area contributed by atoms with Gasteiger partial charge in [-0.15, -0.1) is 0 Å². The van der Waals surface area contributed by atoms with E-state index in [1.807, 2.05) is 13.8 Å². The van der Waals surface area contributed by atoms with Gasteiger partial charge in [0.2, 0.25) is 5.91 Å². The van der Waals surface area contributed by atoms with Crippen molar-refractivity contribution in [2.24, 2.45) is 0 Å². The topological polar surface area (TPSA) is 106 Å². The predicted molar refractivity (Wildman–Crippen MR) is 96.8 cm³/mol. The summed E-state index contributed by atoms with van der Waals surface area (Å²) in [6.07, 6.45) is 3.32. The maximum Gasteiger partial charge on any atom is 0.252 e. The summed E-state index contributed by atoms with van der Waals surface area (Å²) >= 11 is 0. The van der Waals surface area contributed by atoms with Crippen LogP contribution < -0.4 is 5.32 Å². The highest BCUT2D eigenvalue weighted by atomic mass is 32.2. The van der Waals surface area contributed by atoms with Gasteiger partial charge in [0.1, 0.15) is 6.33 Å². The van der Waals surface area contributed by atoms with Crippen molar-refractivity contribution in [1.82, 2.24) is 19.6 Å². The maximum atomic E-state index is 12.3. The van der Waals surface area contributed by atoms with Gasteiger partial charge in [0, 0.05) is 29.8 Å². The third-order valence-electron chi connectivity index (χ3n) is 4.14. The smallest absolute Gasteiger partial charge is 0.252 e. The first kappa shape index (κ1) is 18.0. The number of nitrogens with one attached hydrogen (secondary N) is 1. The molecule has 1 amide bonds. The number of aromatic nitrogens is 4. The van der Waals surface area contributed by atoms with Crippen LogP contribution in [0.25, 0.3) is 5.78 Å². The van der Waals surface area contributed by atoms with Gasteiger partial charge in [-0.1, -0.05) is 6.07 Å². The van der Waals surface area contributed by atoms with E-state index in [1.54, 1.807) is 16.6 Å². The summed E-state index contributed by atoms with van der Waals surface area (Å²) in [6, 6.07) is 6.21. The zero-order valence-corrected chi connectivity index (χ0v) is 15.5. The molecule has 1 aromatic carbocycles. The van der Waals surface area contributed by atoms with E-state index < -0.39 is 9.84 Å². The van der Waals surface area contributed by atoms with Gasteiger partial charge < -0.3 is 5.32 Å². The number of nitrogens with zero attached hydrogens (tertiary/aromatic N) is 4. The van der Waals surface area contributed by atoms with E-state index in [0.29, 0.717) is 17.9 Å². The normalized spacial score (nSPS) is 11.7. The molecule has 1 N–H and O–H groups in total. The molecule has 0 saturated heterocycles. The average Bonchev–Trinajstić information content (AvgIpc) is 3.02. The standard InChI is InChI=1S/C17H19N5O3S/c1-11-15(12(2)22-17(20-11)18-10-19-22)7-8-16(23)21-13-5-4-6-14(9-13)26(3,24)25/h4-6,9-10H,7-8H2,1-3H3,(H,21,23). The summed E-state index contributed by atoms with van der Waals surface area (Å²) in [5.41, 5.74) is 3.12. The SMILES string of the molecule is Cc1nc2ncnn2c(C)c1CCC(=O)Nc1cccc(S(C)(=O)=O)c1. The van der Waals surface area contributed by atoms with Gasteiger partial charge in [0.05, 0.1) is 4.90 Å². The Morgan fingerprint density at radius 2 is 2.04 bits per heavy atom. The number of fused-ring (bicyclic) bond motifs is 1. The molecule has 9 heteroatoms. The summed E-state index contributed by atoms with van der Waals surface area (Å²) in [5.74, 6) is 0.332. The quantitative estimate of drug-likeness (QED) is 0.730. The minimum absolute atomic E-state index is 0.169. The van der Waals surface area contributed by atoms with Crippen LogP contribution in [0, 0.1) is 13.8 Å². The van der Waals surface area contributed by atoms with Crippen molar-refractivity contribution in [3.05, 3.63) is 47.5 Å². The van der Waals surface area contributed by atoms with Crippen LogP contribution in [0.2, 0.25) is 0 Å². The first-order valence-corrected chi connectivity index (χ1v) is 9.90. The lowest BCUT2D eigenvalue weighted by Gasteiger charge is -2.11. The molecule has 0 radical (unpaired) electrons. The summed E-state index contributed by atoms with van der Waals surface area (Å²) in [7, 11) is -3.32. The Kier molecular flexibility index (Phi) is 4.73. The summed E-state index contributed by atoms with van der Waals surface area (Å²) in [5, 5.41) is 6.87. The molecule has 26 heavy (non-hydrogen) atoms. The van der Waals surface area contributed by atoms with Crippen molar-refractivity contribution in [3.8, 4) is 0 Å². The highest BCUT2D eigenvalue weighted by Crippen LogP contribution is 2.17. The molecule has 0 aliphatic heterocycles. The maximum absolute atomic E-state index is 12.3. The molecule has 8 nitrogen and oxygen atoms in total. The molecule has 0 spiro atoms. The Morgan fingerprint density at radius 1 is 1.27 bits per heavy atom. The summed E-state index contributed by atoms with van der Waals surface area (Å²) in [6.45, 7) is 3.80. The van der Waals surface area contributed by atoms with E-state index in [9.17, 15) is 13.2 Å². The van der Waals surface area contributed by atoms with Gasteiger partial charge in [0.15, 0.2) is 9.84 Å². The third kappa shape index (κ3) is 3.72. The molecule has 3 aromatic rings. The first-order valence-electron chi connectivity index (χ1n) is 8.01. The third-order valence-corrected chi connectivity index (χ3v) is 5.25. The van der Waals surface area contributed by atoms with E-state index >= 15 is 0 Å². The van der Waals surface area contributed by atoms with E-state index in [-0.39, 0.29) is 17.2 Å². The summed E-state index contributed by atoms with van der Waals surface area (Å²) in [4.78, 5) is 20.9. The van der Waals surface area contributed by atoms with Crippen molar-refractivity contribution < 1.29 is 13.2 Å². The van der Waals surface area contributed by atoms with Crippen LogP contribution in [0.15, 0.2) is 35.5 Å². The van der Waals surface area contributed by atoms with Crippen LogP contribution in [0.3, 0.4) is 0 Å². The van der Waals surface area contributed by atoms with Crippen molar-refractivity contribution >= 4 is 27.2 Å². The Labute approximate surface area is 151 Å². The average molecular weight is 373 g/mol. The lowest BCUT2D eigenvalue weighted by Crippen LogP contribution is -2.14. The van der Waals surface area contributed by atoms with Gasteiger partial charge in [0.25, 0.3) is 5.78 Å². The fraction of sp³-hybridized carbons (Fsp3) is 0.294. The number of rotatable bonds is 5. The van der Waals surface area contributed by atoms with Crippen LogP contribution in [0.5, 0.6) is 0 Å². The van der Waals surface area contributed by atoms with Crippen LogP contribution in [-0.4, -0.2) is 40.2 Å². The van der Waals surface area contributed by atoms with E-state index in [4.69, 9.17) is 0 Å². The number of anilines is 1. The molecule has 0 aliphatic carbocycles. The number of benzene rings is 1. The Bertz CT molecular complexity index is 1090. The number of hydrogen-bond acceptors (Lipinski definition) is 6.